The molecule has 3 N–H and O–H groups in total. The summed E-state index contributed by atoms with van der Waals surface area (Å²) < 4.78 is 2.11. The molecule has 0 amide bonds. The van der Waals surface area contributed by atoms with Crippen molar-refractivity contribution in [2.45, 2.75) is 26.8 Å². The van der Waals surface area contributed by atoms with Gasteiger partial charge in [0.15, 0.2) is 12.2 Å². The lowest BCUT2D eigenvalue weighted by Gasteiger charge is -2.01. The van der Waals surface area contributed by atoms with Crippen LogP contribution in [0, 0.1) is 13.8 Å². The van der Waals surface area contributed by atoms with E-state index in [4.69, 9.17) is 10.8 Å². The minimum absolute atomic E-state index is 0.178. The molecule has 0 unspecified atom stereocenters. The molecule has 0 saturated carbocycles. The fraction of sp³-hybridized carbons (Fsp3) is 0.333. The van der Waals surface area contributed by atoms with Crippen LogP contribution in [-0.2, 0) is 13.0 Å². The molecule has 0 spiro atoms. The summed E-state index contributed by atoms with van der Waals surface area (Å²) in [5.41, 5.74) is 11.8. The molecule has 8 heteroatoms. The van der Waals surface area contributed by atoms with Crippen LogP contribution in [0.3, 0.4) is 0 Å². The van der Waals surface area contributed by atoms with E-state index in [9.17, 15) is 0 Å². The molecular weight excluding hydrogens is 330 g/mol. The first-order valence-electron chi connectivity index (χ1n) is 7.09. The quantitative estimate of drug-likeness (QED) is 0.700. The molecular formula is C15H20N5OS2+. The van der Waals surface area contributed by atoms with E-state index in [1.54, 1.807) is 40.6 Å². The van der Waals surface area contributed by atoms with Crippen molar-refractivity contribution in [3.8, 4) is 0 Å². The van der Waals surface area contributed by atoms with Crippen molar-refractivity contribution in [3.05, 3.63) is 50.8 Å². The highest BCUT2D eigenvalue weighted by molar-refractivity contribution is 7.09. The standard InChI is InChI=1S/C12H17N4OS.C3H3NS/c1-8-11(3-4-17)18-7-16(8)6-10-5-14-9(2)15-12(10)13;1-2-5-3-4-1/h5,7,17H,3-4,6H2,1-2H3,(H2,13,14,15);1-3H/q+1;. The first kappa shape index (κ1) is 17.5. The maximum Gasteiger partial charge on any atom is 0.225 e. The van der Waals surface area contributed by atoms with Crippen LogP contribution in [0.5, 0.6) is 0 Å². The van der Waals surface area contributed by atoms with Crippen LogP contribution in [-0.4, -0.2) is 26.7 Å². The third kappa shape index (κ3) is 5.05. The first-order chi connectivity index (χ1) is 11.1. The summed E-state index contributed by atoms with van der Waals surface area (Å²) >= 11 is 3.25. The molecule has 0 aromatic carbocycles. The van der Waals surface area contributed by atoms with Crippen molar-refractivity contribution in [1.82, 2.24) is 15.0 Å². The molecule has 0 fully saturated rings. The molecule has 0 aliphatic rings. The van der Waals surface area contributed by atoms with Gasteiger partial charge in [0, 0.05) is 37.7 Å². The lowest BCUT2D eigenvalue weighted by atomic mass is 10.2. The van der Waals surface area contributed by atoms with Gasteiger partial charge < -0.3 is 10.8 Å². The number of aryl methyl sites for hydroxylation is 1. The number of anilines is 1. The lowest BCUT2D eigenvalue weighted by molar-refractivity contribution is -0.689. The highest BCUT2D eigenvalue weighted by atomic mass is 32.1. The fourth-order valence-corrected chi connectivity index (χ4v) is 3.28. The molecule has 0 atom stereocenters. The largest absolute Gasteiger partial charge is 0.396 e. The van der Waals surface area contributed by atoms with Gasteiger partial charge >= 0.3 is 0 Å². The van der Waals surface area contributed by atoms with E-state index in [0.717, 1.165) is 11.3 Å². The van der Waals surface area contributed by atoms with Gasteiger partial charge in [-0.1, -0.05) is 11.3 Å². The number of nitrogens with two attached hydrogens (primary N) is 1. The monoisotopic (exact) mass is 350 g/mol. The van der Waals surface area contributed by atoms with Crippen LogP contribution in [0.4, 0.5) is 5.82 Å². The summed E-state index contributed by atoms with van der Waals surface area (Å²) in [6.45, 7) is 4.71. The van der Waals surface area contributed by atoms with Crippen molar-refractivity contribution in [3.63, 3.8) is 0 Å². The number of nitrogens with zero attached hydrogens (tertiary/aromatic N) is 4. The smallest absolute Gasteiger partial charge is 0.225 e. The minimum atomic E-state index is 0.178. The molecule has 122 valence electrons. The molecule has 0 bridgehead atoms. The lowest BCUT2D eigenvalue weighted by Crippen LogP contribution is -2.35. The Kier molecular flexibility index (Phi) is 6.57. The summed E-state index contributed by atoms with van der Waals surface area (Å²) in [4.78, 5) is 13.3. The second kappa shape index (κ2) is 8.66. The van der Waals surface area contributed by atoms with Crippen LogP contribution in [0.15, 0.2) is 28.8 Å². The van der Waals surface area contributed by atoms with Gasteiger partial charge in [-0.15, -0.1) is 11.3 Å². The second-order valence-electron chi connectivity index (χ2n) is 4.84. The minimum Gasteiger partial charge on any atom is -0.396 e. The molecule has 6 nitrogen and oxygen atoms in total. The summed E-state index contributed by atoms with van der Waals surface area (Å²) in [5.74, 6) is 1.22. The highest BCUT2D eigenvalue weighted by Crippen LogP contribution is 2.13. The van der Waals surface area contributed by atoms with Gasteiger partial charge in [0.1, 0.15) is 11.6 Å². The number of hydrogen-bond acceptors (Lipinski definition) is 7. The van der Waals surface area contributed by atoms with E-state index in [1.165, 1.54) is 4.88 Å². The number of aromatic nitrogens is 4. The maximum absolute atomic E-state index is 8.98. The van der Waals surface area contributed by atoms with Gasteiger partial charge in [0.2, 0.25) is 5.51 Å². The Morgan fingerprint density at radius 3 is 2.74 bits per heavy atom. The van der Waals surface area contributed by atoms with Crippen LogP contribution in [0.25, 0.3) is 0 Å². The number of nitrogen functional groups attached to an aromatic ring is 1. The number of aliphatic hydroxyl groups is 1. The van der Waals surface area contributed by atoms with Crippen molar-refractivity contribution in [1.29, 1.82) is 0 Å². The molecule has 0 radical (unpaired) electrons. The van der Waals surface area contributed by atoms with E-state index >= 15 is 0 Å². The molecule has 0 saturated heterocycles. The third-order valence-electron chi connectivity index (χ3n) is 3.20. The Bertz CT molecular complexity index is 710. The predicted molar refractivity (Wildman–Crippen MR) is 92.4 cm³/mol. The molecule has 3 aromatic rings. The summed E-state index contributed by atoms with van der Waals surface area (Å²) in [6.07, 6.45) is 4.24. The van der Waals surface area contributed by atoms with Crippen molar-refractivity contribution >= 4 is 28.5 Å². The SMILES string of the molecule is Cc1ncc(C[n+]2csc(CCO)c2C)c(N)n1.c1cscn1. The summed E-state index contributed by atoms with van der Waals surface area (Å²) in [6, 6.07) is 0. The molecule has 0 aliphatic carbocycles. The van der Waals surface area contributed by atoms with E-state index in [2.05, 4.69) is 19.5 Å². The van der Waals surface area contributed by atoms with Gasteiger partial charge in [0.25, 0.3) is 0 Å². The topological polar surface area (TPSA) is 88.8 Å². The Morgan fingerprint density at radius 2 is 2.17 bits per heavy atom. The van der Waals surface area contributed by atoms with Gasteiger partial charge in [-0.2, -0.15) is 4.57 Å². The van der Waals surface area contributed by atoms with Gasteiger partial charge in [0.05, 0.1) is 16.0 Å². The number of rotatable bonds is 4. The van der Waals surface area contributed by atoms with Gasteiger partial charge in [-0.05, 0) is 6.92 Å². The third-order valence-corrected chi connectivity index (χ3v) is 4.87. The van der Waals surface area contributed by atoms with Crippen LogP contribution >= 0.6 is 22.7 Å². The van der Waals surface area contributed by atoms with Crippen LogP contribution in [0.2, 0.25) is 0 Å². The van der Waals surface area contributed by atoms with Crippen molar-refractivity contribution in [2.24, 2.45) is 0 Å². The molecule has 23 heavy (non-hydrogen) atoms. The second-order valence-corrected chi connectivity index (χ2v) is 6.53. The van der Waals surface area contributed by atoms with E-state index in [-0.39, 0.29) is 6.61 Å². The van der Waals surface area contributed by atoms with Crippen LogP contribution in [0.1, 0.15) is 22.0 Å². The van der Waals surface area contributed by atoms with Gasteiger partial charge in [-0.3, -0.25) is 4.98 Å². The summed E-state index contributed by atoms with van der Waals surface area (Å²) in [7, 11) is 0. The fourth-order valence-electron chi connectivity index (χ4n) is 1.94. The number of hydrogen-bond donors (Lipinski definition) is 2. The predicted octanol–water partition coefficient (Wildman–Crippen LogP) is 1.75. The number of thiazole rings is 2. The maximum atomic E-state index is 8.98. The Labute approximate surface area is 143 Å². The van der Waals surface area contributed by atoms with Gasteiger partial charge in [-0.25, -0.2) is 9.97 Å². The highest BCUT2D eigenvalue weighted by Gasteiger charge is 2.16. The zero-order valence-corrected chi connectivity index (χ0v) is 14.8. The molecule has 3 rings (SSSR count). The first-order valence-corrected chi connectivity index (χ1v) is 8.91. The zero-order chi connectivity index (χ0) is 16.7. The summed E-state index contributed by atoms with van der Waals surface area (Å²) in [5, 5.41) is 10.9. The van der Waals surface area contributed by atoms with Crippen molar-refractivity contribution in [2.75, 3.05) is 12.3 Å². The van der Waals surface area contributed by atoms with E-state index < -0.39 is 0 Å². The Hall–Kier alpha value is -1.90. The van der Waals surface area contributed by atoms with Crippen molar-refractivity contribution < 1.29 is 9.67 Å². The molecule has 3 heterocycles. The normalized spacial score (nSPS) is 10.2. The van der Waals surface area contributed by atoms with E-state index in [1.807, 2.05) is 24.7 Å². The van der Waals surface area contributed by atoms with Crippen LogP contribution < -0.4 is 10.3 Å². The van der Waals surface area contributed by atoms with E-state index in [0.29, 0.717) is 24.6 Å². The molecule has 3 aromatic heterocycles. The Morgan fingerprint density at radius 1 is 1.35 bits per heavy atom. The molecule has 0 aliphatic heterocycles. The average molecular weight is 350 g/mol. The average Bonchev–Trinajstić information content (AvgIpc) is 3.19. The zero-order valence-electron chi connectivity index (χ0n) is 13.1. The Balaban J connectivity index is 0.000000326. The number of aliphatic hydroxyl groups excluding tert-OH is 1.